The molecule has 1 aromatic heterocycles. The van der Waals surface area contributed by atoms with Gasteiger partial charge >= 0.3 is 0 Å². The average Bonchev–Trinajstić information content (AvgIpc) is 2.50. The summed E-state index contributed by atoms with van der Waals surface area (Å²) in [7, 11) is 0. The van der Waals surface area contributed by atoms with E-state index in [1.54, 1.807) is 6.20 Å². The highest BCUT2D eigenvalue weighted by atomic mass is 16.1. The highest BCUT2D eigenvalue weighted by Crippen LogP contribution is 2.42. The Bertz CT molecular complexity index is 438. The molecule has 0 aromatic carbocycles. The molecule has 1 aromatic rings. The molecule has 0 bridgehead atoms. The second-order valence-electron chi connectivity index (χ2n) is 4.98. The molecule has 4 heteroatoms. The Hall–Kier alpha value is -1.42. The van der Waals surface area contributed by atoms with Crippen LogP contribution in [-0.2, 0) is 10.2 Å². The molecular formula is C13H17N3O. The lowest BCUT2D eigenvalue weighted by molar-refractivity contribution is -0.116. The summed E-state index contributed by atoms with van der Waals surface area (Å²) >= 11 is 0. The van der Waals surface area contributed by atoms with Gasteiger partial charge in [0.2, 0.25) is 5.91 Å². The lowest BCUT2D eigenvalue weighted by Gasteiger charge is -2.37. The smallest absolute Gasteiger partial charge is 0.225 e. The summed E-state index contributed by atoms with van der Waals surface area (Å²) in [6, 6.07) is 4.10. The van der Waals surface area contributed by atoms with E-state index in [4.69, 9.17) is 0 Å². The first-order valence-corrected chi connectivity index (χ1v) is 6.26. The number of nitrogens with zero attached hydrogens (tertiary/aromatic N) is 1. The zero-order chi connectivity index (χ0) is 11.7. The van der Waals surface area contributed by atoms with Crippen LogP contribution in [-0.4, -0.2) is 24.0 Å². The Kier molecular flexibility index (Phi) is 2.59. The molecule has 0 aliphatic carbocycles. The first-order valence-electron chi connectivity index (χ1n) is 6.26. The number of amides is 1. The van der Waals surface area contributed by atoms with Gasteiger partial charge in [-0.25, -0.2) is 4.98 Å². The topological polar surface area (TPSA) is 54.0 Å². The number of hydrogen-bond acceptors (Lipinski definition) is 3. The quantitative estimate of drug-likeness (QED) is 0.710. The van der Waals surface area contributed by atoms with Crippen LogP contribution < -0.4 is 10.6 Å². The molecule has 1 fully saturated rings. The van der Waals surface area contributed by atoms with Crippen molar-refractivity contribution in [3.05, 3.63) is 23.9 Å². The summed E-state index contributed by atoms with van der Waals surface area (Å²) in [5, 5.41) is 6.32. The van der Waals surface area contributed by atoms with Gasteiger partial charge in [-0.2, -0.15) is 0 Å². The number of hydrogen-bond donors (Lipinski definition) is 2. The maximum atomic E-state index is 11.7. The molecular weight excluding hydrogens is 214 g/mol. The highest BCUT2D eigenvalue weighted by molar-refractivity contribution is 5.91. The van der Waals surface area contributed by atoms with E-state index in [2.05, 4.69) is 21.7 Å². The minimum absolute atomic E-state index is 0.0976. The van der Waals surface area contributed by atoms with Crippen LogP contribution in [0.15, 0.2) is 18.3 Å². The van der Waals surface area contributed by atoms with Crippen molar-refractivity contribution < 1.29 is 4.79 Å². The Morgan fingerprint density at radius 2 is 2.06 bits per heavy atom. The Morgan fingerprint density at radius 3 is 2.88 bits per heavy atom. The van der Waals surface area contributed by atoms with Gasteiger partial charge in [0.15, 0.2) is 0 Å². The second-order valence-corrected chi connectivity index (χ2v) is 4.98. The summed E-state index contributed by atoms with van der Waals surface area (Å²) in [6.07, 6.45) is 5.50. The minimum Gasteiger partial charge on any atom is -0.317 e. The third-order valence-corrected chi connectivity index (χ3v) is 4.03. The summed E-state index contributed by atoms with van der Waals surface area (Å²) in [5.41, 5.74) is 1.38. The number of fused-ring (bicyclic) bond motifs is 2. The SMILES string of the molecule is O=C1CCC2(CCNCC2)c2cccnc2N1. The third kappa shape index (κ3) is 1.82. The van der Waals surface area contributed by atoms with Crippen molar-refractivity contribution in [3.63, 3.8) is 0 Å². The maximum absolute atomic E-state index is 11.7. The zero-order valence-corrected chi connectivity index (χ0v) is 9.83. The predicted octanol–water partition coefficient (Wildman–Crippen LogP) is 1.44. The number of piperidine rings is 1. The van der Waals surface area contributed by atoms with Gasteiger partial charge in [0.05, 0.1) is 0 Å². The number of anilines is 1. The fraction of sp³-hybridized carbons (Fsp3) is 0.538. The van der Waals surface area contributed by atoms with Gasteiger partial charge in [-0.15, -0.1) is 0 Å². The van der Waals surface area contributed by atoms with Gasteiger partial charge in [0.25, 0.3) is 0 Å². The fourth-order valence-electron chi connectivity index (χ4n) is 3.04. The number of pyridine rings is 1. The maximum Gasteiger partial charge on any atom is 0.225 e. The highest BCUT2D eigenvalue weighted by Gasteiger charge is 2.38. The second kappa shape index (κ2) is 4.11. The number of rotatable bonds is 0. The van der Waals surface area contributed by atoms with E-state index in [9.17, 15) is 4.79 Å². The fourth-order valence-corrected chi connectivity index (χ4v) is 3.04. The van der Waals surface area contributed by atoms with E-state index in [1.807, 2.05) is 6.07 Å². The Balaban J connectivity index is 2.07. The number of carbonyl (C=O) groups excluding carboxylic acids is 1. The van der Waals surface area contributed by atoms with Crippen LogP contribution >= 0.6 is 0 Å². The van der Waals surface area contributed by atoms with E-state index >= 15 is 0 Å². The molecule has 0 unspecified atom stereocenters. The van der Waals surface area contributed by atoms with Crippen molar-refractivity contribution in [2.75, 3.05) is 18.4 Å². The summed E-state index contributed by atoms with van der Waals surface area (Å²) in [5.74, 6) is 0.872. The van der Waals surface area contributed by atoms with Gasteiger partial charge < -0.3 is 10.6 Å². The van der Waals surface area contributed by atoms with E-state index < -0.39 is 0 Å². The molecule has 0 radical (unpaired) electrons. The Morgan fingerprint density at radius 1 is 1.24 bits per heavy atom. The summed E-state index contributed by atoms with van der Waals surface area (Å²) in [6.45, 7) is 2.06. The molecule has 4 nitrogen and oxygen atoms in total. The van der Waals surface area contributed by atoms with Gasteiger partial charge in [-0.3, -0.25) is 4.79 Å². The van der Waals surface area contributed by atoms with Gasteiger partial charge in [-0.1, -0.05) is 6.07 Å². The minimum atomic E-state index is 0.0976. The van der Waals surface area contributed by atoms with Gasteiger partial charge in [0.1, 0.15) is 5.82 Å². The summed E-state index contributed by atoms with van der Waals surface area (Å²) < 4.78 is 0. The van der Waals surface area contributed by atoms with E-state index in [1.165, 1.54) is 5.56 Å². The summed E-state index contributed by atoms with van der Waals surface area (Å²) in [4.78, 5) is 16.0. The lowest BCUT2D eigenvalue weighted by atomic mass is 9.70. The molecule has 90 valence electrons. The first-order chi connectivity index (χ1) is 8.30. The van der Waals surface area contributed by atoms with Crippen molar-refractivity contribution in [2.24, 2.45) is 0 Å². The van der Waals surface area contributed by atoms with Crippen LogP contribution in [0, 0.1) is 0 Å². The first kappa shape index (κ1) is 10.7. The van der Waals surface area contributed by atoms with Crippen molar-refractivity contribution in [2.45, 2.75) is 31.1 Å². The molecule has 1 saturated heterocycles. The molecule has 3 heterocycles. The average molecular weight is 231 g/mol. The monoisotopic (exact) mass is 231 g/mol. The van der Waals surface area contributed by atoms with Crippen molar-refractivity contribution in [3.8, 4) is 0 Å². The lowest BCUT2D eigenvalue weighted by Crippen LogP contribution is -2.39. The molecule has 1 amide bonds. The number of nitrogens with one attached hydrogen (secondary N) is 2. The van der Waals surface area contributed by atoms with Crippen LogP contribution in [0.2, 0.25) is 0 Å². The standard InChI is InChI=1S/C13H17N3O/c17-11-3-4-13(5-8-14-9-6-13)10-2-1-7-15-12(10)16-11/h1-2,7,14H,3-6,8-9H2,(H,15,16,17). The molecule has 1 spiro atoms. The van der Waals surface area contributed by atoms with Crippen LogP contribution in [0.3, 0.4) is 0 Å². The molecule has 3 rings (SSSR count). The van der Waals surface area contributed by atoms with Crippen LogP contribution in [0.4, 0.5) is 5.82 Å². The van der Waals surface area contributed by atoms with Crippen LogP contribution in [0.1, 0.15) is 31.2 Å². The van der Waals surface area contributed by atoms with Crippen LogP contribution in [0.5, 0.6) is 0 Å². The molecule has 2 N–H and O–H groups in total. The van der Waals surface area contributed by atoms with E-state index in [0.29, 0.717) is 6.42 Å². The van der Waals surface area contributed by atoms with Crippen molar-refractivity contribution in [1.29, 1.82) is 0 Å². The zero-order valence-electron chi connectivity index (χ0n) is 9.83. The van der Waals surface area contributed by atoms with E-state index in [0.717, 1.165) is 38.2 Å². The third-order valence-electron chi connectivity index (χ3n) is 4.03. The molecule has 2 aliphatic rings. The molecule has 0 saturated carbocycles. The molecule has 2 aliphatic heterocycles. The number of carbonyl (C=O) groups is 1. The van der Waals surface area contributed by atoms with E-state index in [-0.39, 0.29) is 11.3 Å². The van der Waals surface area contributed by atoms with Crippen molar-refractivity contribution >= 4 is 11.7 Å². The Labute approximate surface area is 101 Å². The molecule has 17 heavy (non-hydrogen) atoms. The van der Waals surface area contributed by atoms with Crippen LogP contribution in [0.25, 0.3) is 0 Å². The van der Waals surface area contributed by atoms with Gasteiger partial charge in [0, 0.05) is 23.6 Å². The molecule has 0 atom stereocenters. The normalized spacial score (nSPS) is 22.7. The van der Waals surface area contributed by atoms with Crippen molar-refractivity contribution in [1.82, 2.24) is 10.3 Å². The number of aromatic nitrogens is 1. The largest absolute Gasteiger partial charge is 0.317 e. The predicted molar refractivity (Wildman–Crippen MR) is 65.9 cm³/mol. The van der Waals surface area contributed by atoms with Gasteiger partial charge in [-0.05, 0) is 38.4 Å².